The van der Waals surface area contributed by atoms with Gasteiger partial charge in [-0.2, -0.15) is 0 Å². The maximum atomic E-state index is 11.9. The molecule has 0 unspecified atom stereocenters. The lowest BCUT2D eigenvalue weighted by Crippen LogP contribution is -2.34. The smallest absolute Gasteiger partial charge is 0.243 e. The van der Waals surface area contributed by atoms with Crippen LogP contribution in [0.2, 0.25) is 0 Å². The lowest BCUT2D eigenvalue weighted by Gasteiger charge is -2.09. The number of hydrogen-bond donors (Lipinski definition) is 3. The van der Waals surface area contributed by atoms with E-state index in [1.54, 1.807) is 13.0 Å². The second-order valence-corrected chi connectivity index (χ2v) is 6.83. The minimum atomic E-state index is -0.295. The van der Waals surface area contributed by atoms with Crippen LogP contribution in [-0.2, 0) is 9.59 Å². The SMILES string of the molecule is Cc1cc(Br)ccc1NC(=O)CNC(=O)CSc1nnc(C)n1N. The molecule has 0 aliphatic rings. The minimum Gasteiger partial charge on any atom is -0.346 e. The van der Waals surface area contributed by atoms with Crippen LogP contribution in [0.3, 0.4) is 0 Å². The molecule has 0 fully saturated rings. The maximum Gasteiger partial charge on any atom is 0.243 e. The van der Waals surface area contributed by atoms with Crippen LogP contribution in [0.5, 0.6) is 0 Å². The molecule has 2 aromatic rings. The molecule has 0 aliphatic heterocycles. The van der Waals surface area contributed by atoms with Crippen molar-refractivity contribution < 1.29 is 9.59 Å². The second kappa shape index (κ2) is 8.15. The number of rotatable bonds is 6. The normalized spacial score (nSPS) is 10.5. The van der Waals surface area contributed by atoms with Crippen molar-refractivity contribution in [1.29, 1.82) is 0 Å². The first-order valence-corrected chi connectivity index (χ1v) is 8.77. The molecule has 0 saturated heterocycles. The number of carbonyl (C=O) groups is 2. The molecule has 0 aliphatic carbocycles. The third-order valence-corrected chi connectivity index (χ3v) is 4.51. The summed E-state index contributed by atoms with van der Waals surface area (Å²) in [6.45, 7) is 3.50. The summed E-state index contributed by atoms with van der Waals surface area (Å²) in [5.74, 6) is 5.76. The van der Waals surface area contributed by atoms with Crippen LogP contribution >= 0.6 is 27.7 Å². The van der Waals surface area contributed by atoms with Gasteiger partial charge in [-0.05, 0) is 37.6 Å². The molecule has 0 radical (unpaired) electrons. The van der Waals surface area contributed by atoms with Gasteiger partial charge in [-0.15, -0.1) is 10.2 Å². The quantitative estimate of drug-likeness (QED) is 0.485. The van der Waals surface area contributed by atoms with E-state index in [4.69, 9.17) is 5.84 Å². The first-order valence-electron chi connectivity index (χ1n) is 6.99. The second-order valence-electron chi connectivity index (χ2n) is 4.97. The highest BCUT2D eigenvalue weighted by Gasteiger charge is 2.11. The number of anilines is 1. The topological polar surface area (TPSA) is 115 Å². The van der Waals surface area contributed by atoms with E-state index in [-0.39, 0.29) is 24.1 Å². The molecule has 24 heavy (non-hydrogen) atoms. The van der Waals surface area contributed by atoms with Gasteiger partial charge >= 0.3 is 0 Å². The van der Waals surface area contributed by atoms with Gasteiger partial charge in [0.1, 0.15) is 5.82 Å². The van der Waals surface area contributed by atoms with Crippen LogP contribution in [0.4, 0.5) is 5.69 Å². The summed E-state index contributed by atoms with van der Waals surface area (Å²) < 4.78 is 2.24. The number of nitrogens with one attached hydrogen (secondary N) is 2. The average molecular weight is 413 g/mol. The molecule has 4 N–H and O–H groups in total. The number of amides is 2. The Hall–Kier alpha value is -2.07. The largest absolute Gasteiger partial charge is 0.346 e. The third-order valence-electron chi connectivity index (χ3n) is 3.08. The van der Waals surface area contributed by atoms with Crippen LogP contribution in [-0.4, -0.2) is 39.0 Å². The molecule has 1 aromatic carbocycles. The van der Waals surface area contributed by atoms with Crippen LogP contribution in [0.15, 0.2) is 27.8 Å². The minimum absolute atomic E-state index is 0.0971. The maximum absolute atomic E-state index is 11.9. The number of nitrogen functional groups attached to an aromatic ring is 1. The Morgan fingerprint density at radius 2 is 2.04 bits per heavy atom. The number of nitrogens with zero attached hydrogens (tertiary/aromatic N) is 3. The summed E-state index contributed by atoms with van der Waals surface area (Å²) >= 11 is 4.51. The Bertz CT molecular complexity index is 764. The fourth-order valence-corrected chi connectivity index (χ4v) is 2.98. The van der Waals surface area contributed by atoms with Gasteiger partial charge in [-0.1, -0.05) is 27.7 Å². The van der Waals surface area contributed by atoms with Gasteiger partial charge in [0.15, 0.2) is 0 Å². The average Bonchev–Trinajstić information content (AvgIpc) is 2.85. The van der Waals surface area contributed by atoms with Crippen LogP contribution < -0.4 is 16.5 Å². The van der Waals surface area contributed by atoms with Crippen molar-refractivity contribution in [2.45, 2.75) is 19.0 Å². The van der Waals surface area contributed by atoms with E-state index in [9.17, 15) is 9.59 Å². The van der Waals surface area contributed by atoms with E-state index in [1.807, 2.05) is 19.1 Å². The first-order chi connectivity index (χ1) is 11.4. The molecule has 2 rings (SSSR count). The lowest BCUT2D eigenvalue weighted by atomic mass is 10.2. The van der Waals surface area contributed by atoms with Gasteiger partial charge in [0, 0.05) is 10.2 Å². The number of carbonyl (C=O) groups excluding carboxylic acids is 2. The molecule has 1 aromatic heterocycles. The standard InChI is InChI=1S/C14H17BrN6O2S/c1-8-5-10(15)3-4-11(8)18-12(22)6-17-13(23)7-24-14-20-19-9(2)21(14)16/h3-5H,6-7,16H2,1-2H3,(H,17,23)(H,18,22). The zero-order valence-corrected chi connectivity index (χ0v) is 15.6. The predicted molar refractivity (Wildman–Crippen MR) is 96.2 cm³/mol. The Balaban J connectivity index is 1.76. The Labute approximate surface area is 151 Å². The van der Waals surface area contributed by atoms with Crippen molar-refractivity contribution in [2.24, 2.45) is 0 Å². The molecule has 0 atom stereocenters. The van der Waals surface area contributed by atoms with E-state index in [2.05, 4.69) is 36.8 Å². The van der Waals surface area contributed by atoms with Gasteiger partial charge in [-0.3, -0.25) is 9.59 Å². The van der Waals surface area contributed by atoms with Crippen LogP contribution in [0.1, 0.15) is 11.4 Å². The van der Waals surface area contributed by atoms with E-state index >= 15 is 0 Å². The first kappa shape index (κ1) is 18.3. The van der Waals surface area contributed by atoms with Gasteiger partial charge in [-0.25, -0.2) is 4.68 Å². The van der Waals surface area contributed by atoms with Crippen LogP contribution in [0.25, 0.3) is 0 Å². The lowest BCUT2D eigenvalue weighted by molar-refractivity contribution is -0.122. The number of aromatic nitrogens is 3. The van der Waals surface area contributed by atoms with E-state index in [0.29, 0.717) is 16.7 Å². The fraction of sp³-hybridized carbons (Fsp3) is 0.286. The number of benzene rings is 1. The van der Waals surface area contributed by atoms with Gasteiger partial charge in [0.25, 0.3) is 0 Å². The van der Waals surface area contributed by atoms with Crippen molar-refractivity contribution >= 4 is 45.2 Å². The van der Waals surface area contributed by atoms with Crippen LogP contribution in [0, 0.1) is 13.8 Å². The van der Waals surface area contributed by atoms with Crippen molar-refractivity contribution in [3.8, 4) is 0 Å². The molecule has 10 heteroatoms. The fourth-order valence-electron chi connectivity index (χ4n) is 1.77. The summed E-state index contributed by atoms with van der Waals surface area (Å²) in [7, 11) is 0. The van der Waals surface area contributed by atoms with Gasteiger partial charge < -0.3 is 16.5 Å². The molecular formula is C14H17BrN6O2S. The van der Waals surface area contributed by atoms with Gasteiger partial charge in [0.05, 0.1) is 12.3 Å². The summed E-state index contributed by atoms with van der Waals surface area (Å²) in [5.41, 5.74) is 1.63. The highest BCUT2D eigenvalue weighted by molar-refractivity contribution is 9.10. The molecule has 1 heterocycles. The van der Waals surface area contributed by atoms with Crippen molar-refractivity contribution in [3.05, 3.63) is 34.1 Å². The summed E-state index contributed by atoms with van der Waals surface area (Å²) in [6.07, 6.45) is 0. The number of aryl methyl sites for hydroxylation is 2. The zero-order chi connectivity index (χ0) is 17.7. The molecule has 2 amide bonds. The molecule has 0 saturated carbocycles. The summed E-state index contributed by atoms with van der Waals surface area (Å²) in [6, 6.07) is 5.53. The monoisotopic (exact) mass is 412 g/mol. The van der Waals surface area contributed by atoms with E-state index < -0.39 is 0 Å². The third kappa shape index (κ3) is 4.96. The predicted octanol–water partition coefficient (Wildman–Crippen LogP) is 1.22. The summed E-state index contributed by atoms with van der Waals surface area (Å²) in [4.78, 5) is 23.7. The number of halogens is 1. The molecular weight excluding hydrogens is 396 g/mol. The van der Waals surface area contributed by atoms with Gasteiger partial charge in [0.2, 0.25) is 17.0 Å². The molecule has 128 valence electrons. The van der Waals surface area contributed by atoms with Crippen molar-refractivity contribution in [2.75, 3.05) is 23.5 Å². The van der Waals surface area contributed by atoms with E-state index in [0.717, 1.165) is 21.8 Å². The van der Waals surface area contributed by atoms with Crippen molar-refractivity contribution in [3.63, 3.8) is 0 Å². The van der Waals surface area contributed by atoms with E-state index in [1.165, 1.54) is 4.68 Å². The highest BCUT2D eigenvalue weighted by atomic mass is 79.9. The van der Waals surface area contributed by atoms with Crippen molar-refractivity contribution in [1.82, 2.24) is 20.2 Å². The Morgan fingerprint density at radius 3 is 2.67 bits per heavy atom. The molecule has 0 spiro atoms. The molecule has 0 bridgehead atoms. The zero-order valence-electron chi connectivity index (χ0n) is 13.2. The number of nitrogens with two attached hydrogens (primary N) is 1. The number of hydrogen-bond acceptors (Lipinski definition) is 6. The highest BCUT2D eigenvalue weighted by Crippen LogP contribution is 2.19. The Morgan fingerprint density at radius 1 is 1.29 bits per heavy atom. The summed E-state index contributed by atoms with van der Waals surface area (Å²) in [5, 5.41) is 13.4. The number of thioether (sulfide) groups is 1. The molecule has 8 nitrogen and oxygen atoms in total. The Kier molecular flexibility index (Phi) is 6.21.